The van der Waals surface area contributed by atoms with E-state index >= 15 is 0 Å². The third kappa shape index (κ3) is 5.92. The second-order valence-electron chi connectivity index (χ2n) is 5.68. The Hall–Kier alpha value is -2.88. The van der Waals surface area contributed by atoms with Crippen molar-refractivity contribution in [1.29, 1.82) is 0 Å². The first-order valence-electron chi connectivity index (χ1n) is 8.31. The SMILES string of the molecule is C=C(CC(CCC)OC(=O)c1ccccc1)OC(=O)c1ccccc1. The summed E-state index contributed by atoms with van der Waals surface area (Å²) in [5.74, 6) is -0.565. The number of rotatable bonds is 8. The van der Waals surface area contributed by atoms with Crippen LogP contribution in [-0.2, 0) is 9.47 Å². The summed E-state index contributed by atoms with van der Waals surface area (Å²) in [5.41, 5.74) is 0.951. The van der Waals surface area contributed by atoms with Crippen molar-refractivity contribution in [3.63, 3.8) is 0 Å². The fraction of sp³-hybridized carbons (Fsp3) is 0.238. The molecule has 0 saturated heterocycles. The molecule has 4 heteroatoms. The van der Waals surface area contributed by atoms with Gasteiger partial charge in [-0.1, -0.05) is 56.3 Å². The van der Waals surface area contributed by atoms with Crippen LogP contribution in [0.1, 0.15) is 46.9 Å². The Labute approximate surface area is 148 Å². The molecule has 0 bridgehead atoms. The lowest BCUT2D eigenvalue weighted by Gasteiger charge is -2.18. The van der Waals surface area contributed by atoms with Gasteiger partial charge in [-0.3, -0.25) is 0 Å². The fourth-order valence-corrected chi connectivity index (χ4v) is 2.38. The zero-order valence-electron chi connectivity index (χ0n) is 14.3. The Kier molecular flexibility index (Phi) is 6.96. The molecule has 1 unspecified atom stereocenters. The number of hydrogen-bond acceptors (Lipinski definition) is 4. The van der Waals surface area contributed by atoms with Gasteiger partial charge in [0.05, 0.1) is 11.1 Å². The highest BCUT2D eigenvalue weighted by Crippen LogP contribution is 2.17. The van der Waals surface area contributed by atoms with Gasteiger partial charge in [-0.05, 0) is 30.7 Å². The van der Waals surface area contributed by atoms with Crippen molar-refractivity contribution in [2.24, 2.45) is 0 Å². The molecule has 0 fully saturated rings. The van der Waals surface area contributed by atoms with Crippen LogP contribution in [0.15, 0.2) is 73.0 Å². The van der Waals surface area contributed by atoms with E-state index in [4.69, 9.17) is 9.47 Å². The van der Waals surface area contributed by atoms with Gasteiger partial charge >= 0.3 is 11.9 Å². The van der Waals surface area contributed by atoms with E-state index in [1.54, 1.807) is 48.5 Å². The summed E-state index contributed by atoms with van der Waals surface area (Å²) in [6, 6.07) is 17.5. The highest BCUT2D eigenvalue weighted by atomic mass is 16.6. The van der Waals surface area contributed by atoms with E-state index in [1.165, 1.54) is 0 Å². The first-order valence-corrected chi connectivity index (χ1v) is 8.31. The molecule has 1 atom stereocenters. The summed E-state index contributed by atoms with van der Waals surface area (Å²) in [4.78, 5) is 24.2. The third-order valence-corrected chi connectivity index (χ3v) is 3.60. The lowest BCUT2D eigenvalue weighted by atomic mass is 10.1. The third-order valence-electron chi connectivity index (χ3n) is 3.60. The predicted molar refractivity (Wildman–Crippen MR) is 96.2 cm³/mol. The van der Waals surface area contributed by atoms with Crippen LogP contribution >= 0.6 is 0 Å². The van der Waals surface area contributed by atoms with Crippen molar-refractivity contribution in [1.82, 2.24) is 0 Å². The second-order valence-corrected chi connectivity index (χ2v) is 5.68. The molecule has 130 valence electrons. The lowest BCUT2D eigenvalue weighted by Crippen LogP contribution is -2.20. The molecule has 0 aliphatic heterocycles. The topological polar surface area (TPSA) is 52.6 Å². The molecule has 0 spiro atoms. The van der Waals surface area contributed by atoms with Crippen LogP contribution in [0.5, 0.6) is 0 Å². The van der Waals surface area contributed by atoms with Gasteiger partial charge in [-0.2, -0.15) is 0 Å². The molecule has 25 heavy (non-hydrogen) atoms. The van der Waals surface area contributed by atoms with Crippen molar-refractivity contribution in [2.75, 3.05) is 0 Å². The van der Waals surface area contributed by atoms with Crippen LogP contribution in [0, 0.1) is 0 Å². The molecule has 2 aromatic rings. The van der Waals surface area contributed by atoms with Gasteiger partial charge in [0.25, 0.3) is 0 Å². The highest BCUT2D eigenvalue weighted by Gasteiger charge is 2.18. The number of hydrogen-bond donors (Lipinski definition) is 0. The average Bonchev–Trinajstić information content (AvgIpc) is 2.63. The zero-order valence-corrected chi connectivity index (χ0v) is 14.3. The maximum Gasteiger partial charge on any atom is 0.343 e. The van der Waals surface area contributed by atoms with Crippen molar-refractivity contribution < 1.29 is 19.1 Å². The Bertz CT molecular complexity index is 707. The van der Waals surface area contributed by atoms with Crippen molar-refractivity contribution >= 4 is 11.9 Å². The van der Waals surface area contributed by atoms with Crippen LogP contribution in [0.25, 0.3) is 0 Å². The summed E-state index contributed by atoms with van der Waals surface area (Å²) in [6.07, 6.45) is 1.41. The lowest BCUT2D eigenvalue weighted by molar-refractivity contribution is 0.0240. The zero-order chi connectivity index (χ0) is 18.1. The average molecular weight is 338 g/mol. The van der Waals surface area contributed by atoms with E-state index in [-0.39, 0.29) is 24.3 Å². The minimum absolute atomic E-state index is 0.283. The summed E-state index contributed by atoms with van der Waals surface area (Å²) in [7, 11) is 0. The summed E-state index contributed by atoms with van der Waals surface area (Å²) in [6.45, 7) is 5.79. The van der Waals surface area contributed by atoms with E-state index in [2.05, 4.69) is 6.58 Å². The molecular formula is C21H22O4. The smallest absolute Gasteiger partial charge is 0.343 e. The Morgan fingerprint density at radius 1 is 0.920 bits per heavy atom. The second kappa shape index (κ2) is 9.42. The first kappa shape index (κ1) is 18.5. The fourth-order valence-electron chi connectivity index (χ4n) is 2.38. The first-order chi connectivity index (χ1) is 12.1. The van der Waals surface area contributed by atoms with Gasteiger partial charge in [0.15, 0.2) is 0 Å². The van der Waals surface area contributed by atoms with Crippen molar-refractivity contribution in [3.8, 4) is 0 Å². The Morgan fingerprint density at radius 2 is 1.44 bits per heavy atom. The van der Waals surface area contributed by atoms with Gasteiger partial charge in [0.2, 0.25) is 0 Å². The number of ether oxygens (including phenoxy) is 2. The predicted octanol–water partition coefficient (Wildman–Crippen LogP) is 4.77. The molecule has 0 aromatic heterocycles. The molecule has 0 amide bonds. The van der Waals surface area contributed by atoms with Crippen LogP contribution in [-0.4, -0.2) is 18.0 Å². The van der Waals surface area contributed by atoms with Crippen LogP contribution < -0.4 is 0 Å². The molecule has 0 aliphatic carbocycles. The van der Waals surface area contributed by atoms with Gasteiger partial charge < -0.3 is 9.47 Å². The van der Waals surface area contributed by atoms with Crippen LogP contribution in [0.3, 0.4) is 0 Å². The molecule has 0 radical (unpaired) electrons. The monoisotopic (exact) mass is 338 g/mol. The minimum Gasteiger partial charge on any atom is -0.458 e. The maximum atomic E-state index is 12.2. The molecule has 0 heterocycles. The molecule has 4 nitrogen and oxygen atoms in total. The molecule has 0 N–H and O–H groups in total. The molecule has 2 rings (SSSR count). The summed E-state index contributed by atoms with van der Waals surface area (Å²) in [5, 5.41) is 0. The highest BCUT2D eigenvalue weighted by molar-refractivity contribution is 5.90. The number of esters is 2. The molecule has 2 aromatic carbocycles. The van der Waals surface area contributed by atoms with Crippen molar-refractivity contribution in [3.05, 3.63) is 84.1 Å². The van der Waals surface area contributed by atoms with Gasteiger partial charge in [0, 0.05) is 6.42 Å². The number of benzene rings is 2. The Balaban J connectivity index is 1.92. The van der Waals surface area contributed by atoms with E-state index in [1.807, 2.05) is 19.1 Å². The van der Waals surface area contributed by atoms with E-state index in [9.17, 15) is 9.59 Å². The molecule has 0 saturated carbocycles. The molecule has 0 aliphatic rings. The van der Waals surface area contributed by atoms with E-state index < -0.39 is 5.97 Å². The van der Waals surface area contributed by atoms with Crippen LogP contribution in [0.2, 0.25) is 0 Å². The van der Waals surface area contributed by atoms with Gasteiger partial charge in [0.1, 0.15) is 11.9 Å². The maximum absolute atomic E-state index is 12.2. The number of carbonyl (C=O) groups excluding carboxylic acids is 2. The van der Waals surface area contributed by atoms with Gasteiger partial charge in [-0.15, -0.1) is 0 Å². The molecular weight excluding hydrogens is 316 g/mol. The normalized spacial score (nSPS) is 11.4. The largest absolute Gasteiger partial charge is 0.458 e. The number of carbonyl (C=O) groups is 2. The quantitative estimate of drug-likeness (QED) is 0.514. The van der Waals surface area contributed by atoms with Gasteiger partial charge in [-0.25, -0.2) is 9.59 Å². The standard InChI is InChI=1S/C21H22O4/c1-3-10-19(25-21(23)18-13-8-5-9-14-18)15-16(2)24-20(22)17-11-6-4-7-12-17/h4-9,11-14,19H,2-3,10,15H2,1H3. The van der Waals surface area contributed by atoms with Crippen molar-refractivity contribution in [2.45, 2.75) is 32.3 Å². The van der Waals surface area contributed by atoms with E-state index in [0.29, 0.717) is 17.5 Å². The van der Waals surface area contributed by atoms with Crippen LogP contribution in [0.4, 0.5) is 0 Å². The summed E-state index contributed by atoms with van der Waals surface area (Å²) >= 11 is 0. The minimum atomic E-state index is -0.463. The Morgan fingerprint density at radius 3 is 1.96 bits per heavy atom. The van der Waals surface area contributed by atoms with E-state index in [0.717, 1.165) is 6.42 Å². The summed E-state index contributed by atoms with van der Waals surface area (Å²) < 4.78 is 10.8.